The molecule has 27 heavy (non-hydrogen) atoms. The Morgan fingerprint density at radius 1 is 1.26 bits per heavy atom. The van der Waals surface area contributed by atoms with Crippen molar-refractivity contribution in [2.75, 3.05) is 6.54 Å². The fraction of sp³-hybridized carbons (Fsp3) is 0.381. The van der Waals surface area contributed by atoms with Crippen molar-refractivity contribution in [3.05, 3.63) is 48.2 Å². The van der Waals surface area contributed by atoms with Gasteiger partial charge < -0.3 is 11.1 Å². The van der Waals surface area contributed by atoms with Gasteiger partial charge in [0, 0.05) is 24.7 Å². The van der Waals surface area contributed by atoms with Gasteiger partial charge in [-0.15, -0.1) is 0 Å². The van der Waals surface area contributed by atoms with E-state index < -0.39 is 0 Å². The molecule has 2 aromatic heterocycles. The van der Waals surface area contributed by atoms with Gasteiger partial charge in [-0.05, 0) is 25.3 Å². The van der Waals surface area contributed by atoms with E-state index in [1.807, 2.05) is 48.0 Å². The van der Waals surface area contributed by atoms with E-state index in [-0.39, 0.29) is 11.9 Å². The lowest BCUT2D eigenvalue weighted by atomic mass is 10.0. The van der Waals surface area contributed by atoms with Crippen LogP contribution >= 0.6 is 0 Å². The number of nitrogens with zero attached hydrogens (tertiary/aromatic N) is 3. The number of benzene rings is 1. The van der Waals surface area contributed by atoms with E-state index in [9.17, 15) is 4.79 Å². The van der Waals surface area contributed by atoms with Crippen LogP contribution in [0.2, 0.25) is 0 Å². The van der Waals surface area contributed by atoms with Crippen molar-refractivity contribution in [2.45, 2.75) is 39.8 Å². The molecule has 0 radical (unpaired) electrons. The van der Waals surface area contributed by atoms with Crippen molar-refractivity contribution >= 4 is 16.9 Å². The standard InChI is InChI=1S/C21H27N5O/c1-4-26-20-18(13-23-26)17(21(27)24-16(12-22)10-14(2)3)11-19(25-20)15-8-6-5-7-9-15/h5-9,11,13-14,16H,4,10,12,22H2,1-3H3,(H,24,27). The first-order valence-corrected chi connectivity index (χ1v) is 9.46. The van der Waals surface area contributed by atoms with Gasteiger partial charge >= 0.3 is 0 Å². The molecular weight excluding hydrogens is 338 g/mol. The number of hydrogen-bond acceptors (Lipinski definition) is 4. The minimum Gasteiger partial charge on any atom is -0.348 e. The number of carbonyl (C=O) groups is 1. The largest absolute Gasteiger partial charge is 0.348 e. The average Bonchev–Trinajstić information content (AvgIpc) is 3.10. The van der Waals surface area contributed by atoms with E-state index in [4.69, 9.17) is 10.7 Å². The van der Waals surface area contributed by atoms with E-state index >= 15 is 0 Å². The maximum absolute atomic E-state index is 13.1. The van der Waals surface area contributed by atoms with Gasteiger partial charge in [0.1, 0.15) is 0 Å². The molecule has 142 valence electrons. The summed E-state index contributed by atoms with van der Waals surface area (Å²) < 4.78 is 1.81. The fourth-order valence-corrected chi connectivity index (χ4v) is 3.27. The van der Waals surface area contributed by atoms with Crippen LogP contribution in [0.4, 0.5) is 0 Å². The number of aryl methyl sites for hydroxylation is 1. The Morgan fingerprint density at radius 3 is 2.63 bits per heavy atom. The Hall–Kier alpha value is -2.73. The van der Waals surface area contributed by atoms with Crippen molar-refractivity contribution in [2.24, 2.45) is 11.7 Å². The van der Waals surface area contributed by atoms with E-state index in [0.29, 0.717) is 24.6 Å². The molecule has 0 saturated heterocycles. The number of carbonyl (C=O) groups excluding carboxylic acids is 1. The number of nitrogens with two attached hydrogens (primary N) is 1. The first kappa shape index (κ1) is 19.0. The molecule has 3 N–H and O–H groups in total. The Labute approximate surface area is 159 Å². The van der Waals surface area contributed by atoms with Crippen LogP contribution in [0.15, 0.2) is 42.6 Å². The van der Waals surface area contributed by atoms with Gasteiger partial charge in [-0.25, -0.2) is 9.67 Å². The summed E-state index contributed by atoms with van der Waals surface area (Å²) in [6.45, 7) is 7.36. The third-order valence-electron chi connectivity index (χ3n) is 4.60. The molecule has 1 aromatic carbocycles. The summed E-state index contributed by atoms with van der Waals surface area (Å²) >= 11 is 0. The summed E-state index contributed by atoms with van der Waals surface area (Å²) in [5.74, 6) is 0.324. The smallest absolute Gasteiger partial charge is 0.252 e. The molecule has 2 heterocycles. The molecule has 0 saturated carbocycles. The zero-order valence-corrected chi connectivity index (χ0v) is 16.1. The number of fused-ring (bicyclic) bond motifs is 1. The van der Waals surface area contributed by atoms with Crippen LogP contribution in [-0.4, -0.2) is 33.3 Å². The predicted octanol–water partition coefficient (Wildman–Crippen LogP) is 3.22. The maximum atomic E-state index is 13.1. The van der Waals surface area contributed by atoms with Crippen molar-refractivity contribution in [3.63, 3.8) is 0 Å². The molecule has 1 atom stereocenters. The van der Waals surface area contributed by atoms with Crippen LogP contribution < -0.4 is 11.1 Å². The molecule has 0 aliphatic heterocycles. The molecule has 0 aliphatic rings. The highest BCUT2D eigenvalue weighted by molar-refractivity contribution is 6.06. The lowest BCUT2D eigenvalue weighted by Gasteiger charge is -2.19. The topological polar surface area (TPSA) is 85.8 Å². The minimum atomic E-state index is -0.133. The quantitative estimate of drug-likeness (QED) is 0.673. The second kappa shape index (κ2) is 8.31. The Morgan fingerprint density at radius 2 is 2.00 bits per heavy atom. The molecular formula is C21H27N5O. The van der Waals surface area contributed by atoms with Crippen LogP contribution in [0.5, 0.6) is 0 Å². The summed E-state index contributed by atoms with van der Waals surface area (Å²) in [7, 11) is 0. The van der Waals surface area contributed by atoms with E-state index in [1.165, 1.54) is 0 Å². The summed E-state index contributed by atoms with van der Waals surface area (Å²) in [5, 5.41) is 8.23. The molecule has 1 amide bonds. The van der Waals surface area contributed by atoms with Crippen LogP contribution in [0.25, 0.3) is 22.3 Å². The number of nitrogens with one attached hydrogen (secondary N) is 1. The highest BCUT2D eigenvalue weighted by Gasteiger charge is 2.20. The van der Waals surface area contributed by atoms with Gasteiger partial charge in [-0.2, -0.15) is 5.10 Å². The monoisotopic (exact) mass is 365 g/mol. The third-order valence-corrected chi connectivity index (χ3v) is 4.60. The van der Waals surface area contributed by atoms with Gasteiger partial charge in [0.15, 0.2) is 5.65 Å². The lowest BCUT2D eigenvalue weighted by Crippen LogP contribution is -2.41. The van der Waals surface area contributed by atoms with Gasteiger partial charge in [0.05, 0.1) is 22.8 Å². The molecule has 0 aliphatic carbocycles. The first-order valence-electron chi connectivity index (χ1n) is 9.46. The normalized spacial score (nSPS) is 12.5. The van der Waals surface area contributed by atoms with E-state index in [1.54, 1.807) is 6.20 Å². The maximum Gasteiger partial charge on any atom is 0.252 e. The van der Waals surface area contributed by atoms with Crippen molar-refractivity contribution in [1.29, 1.82) is 0 Å². The summed E-state index contributed by atoms with van der Waals surface area (Å²) in [5.41, 5.74) is 8.89. The number of pyridine rings is 1. The summed E-state index contributed by atoms with van der Waals surface area (Å²) in [6.07, 6.45) is 2.56. The SMILES string of the molecule is CCn1ncc2c(C(=O)NC(CN)CC(C)C)cc(-c3ccccc3)nc21. The molecule has 0 bridgehead atoms. The van der Waals surface area contributed by atoms with Crippen LogP contribution in [0.3, 0.4) is 0 Å². The molecule has 0 spiro atoms. The lowest BCUT2D eigenvalue weighted by molar-refractivity contribution is 0.0935. The van der Waals surface area contributed by atoms with Gasteiger partial charge in [0.25, 0.3) is 5.91 Å². The second-order valence-corrected chi connectivity index (χ2v) is 7.15. The van der Waals surface area contributed by atoms with Crippen molar-refractivity contribution < 1.29 is 4.79 Å². The second-order valence-electron chi connectivity index (χ2n) is 7.15. The van der Waals surface area contributed by atoms with Crippen LogP contribution in [0, 0.1) is 5.92 Å². The van der Waals surface area contributed by atoms with Gasteiger partial charge in [-0.3, -0.25) is 4.79 Å². The first-order chi connectivity index (χ1) is 13.0. The fourth-order valence-electron chi connectivity index (χ4n) is 3.27. The number of aromatic nitrogens is 3. The average molecular weight is 365 g/mol. The highest BCUT2D eigenvalue weighted by atomic mass is 16.1. The Bertz CT molecular complexity index is 917. The predicted molar refractivity (Wildman–Crippen MR) is 108 cm³/mol. The van der Waals surface area contributed by atoms with Gasteiger partial charge in [-0.1, -0.05) is 44.2 Å². The minimum absolute atomic E-state index is 0.0536. The molecule has 1 unspecified atom stereocenters. The Kier molecular flexibility index (Phi) is 5.86. The van der Waals surface area contributed by atoms with E-state index in [2.05, 4.69) is 24.3 Å². The molecule has 3 aromatic rings. The van der Waals surface area contributed by atoms with E-state index in [0.717, 1.165) is 28.7 Å². The zero-order chi connectivity index (χ0) is 19.4. The van der Waals surface area contributed by atoms with Crippen molar-refractivity contribution in [3.8, 4) is 11.3 Å². The number of amides is 1. The Balaban J connectivity index is 2.05. The molecule has 6 nitrogen and oxygen atoms in total. The summed E-state index contributed by atoms with van der Waals surface area (Å²) in [4.78, 5) is 17.8. The number of rotatable bonds is 7. The third kappa shape index (κ3) is 4.17. The van der Waals surface area contributed by atoms with Crippen LogP contribution in [0.1, 0.15) is 37.6 Å². The summed E-state index contributed by atoms with van der Waals surface area (Å²) in [6, 6.07) is 11.7. The van der Waals surface area contributed by atoms with Crippen LogP contribution in [-0.2, 0) is 6.54 Å². The molecule has 0 fully saturated rings. The molecule has 6 heteroatoms. The van der Waals surface area contributed by atoms with Gasteiger partial charge in [0.2, 0.25) is 0 Å². The number of hydrogen-bond donors (Lipinski definition) is 2. The van der Waals surface area contributed by atoms with Crippen molar-refractivity contribution in [1.82, 2.24) is 20.1 Å². The molecule has 3 rings (SSSR count). The highest BCUT2D eigenvalue weighted by Crippen LogP contribution is 2.25. The zero-order valence-electron chi connectivity index (χ0n) is 16.1.